The molecule has 2 heterocycles. The van der Waals surface area contributed by atoms with Gasteiger partial charge in [0.1, 0.15) is 0 Å². The maximum Gasteiger partial charge on any atom is 0.0597 e. The van der Waals surface area contributed by atoms with Gasteiger partial charge in [-0.15, -0.1) is 0 Å². The number of nitrogens with zero attached hydrogens (tertiary/aromatic N) is 3. The first-order valence-corrected chi connectivity index (χ1v) is 6.34. The van der Waals surface area contributed by atoms with E-state index in [1.165, 1.54) is 5.69 Å². The van der Waals surface area contributed by atoms with Crippen molar-refractivity contribution in [1.29, 1.82) is 0 Å². The van der Waals surface area contributed by atoms with Crippen molar-refractivity contribution in [2.75, 3.05) is 6.54 Å². The normalized spacial score (nSPS) is 12.6. The van der Waals surface area contributed by atoms with Gasteiger partial charge in [0.15, 0.2) is 0 Å². The molecule has 0 aliphatic heterocycles. The van der Waals surface area contributed by atoms with Gasteiger partial charge < -0.3 is 5.32 Å². The van der Waals surface area contributed by atoms with Gasteiger partial charge in [-0.05, 0) is 31.7 Å². The highest BCUT2D eigenvalue weighted by Gasteiger charge is 2.16. The number of hydrogen-bond donors (Lipinski definition) is 1. The monoisotopic (exact) mass is 244 g/mol. The molecule has 4 nitrogen and oxygen atoms in total. The standard InChI is InChI=1S/C14H20N4/c1-4-15-13(10-12-7-5-6-8-16-12)14-9-11(2)17-18(14)3/h5-9,13,15H,4,10H2,1-3H3. The highest BCUT2D eigenvalue weighted by Crippen LogP contribution is 2.17. The van der Waals surface area contributed by atoms with Crippen LogP contribution >= 0.6 is 0 Å². The molecule has 0 aliphatic rings. The van der Waals surface area contributed by atoms with E-state index in [2.05, 4.69) is 34.5 Å². The summed E-state index contributed by atoms with van der Waals surface area (Å²) < 4.78 is 1.95. The number of pyridine rings is 1. The van der Waals surface area contributed by atoms with E-state index < -0.39 is 0 Å². The van der Waals surface area contributed by atoms with Crippen molar-refractivity contribution in [2.24, 2.45) is 7.05 Å². The van der Waals surface area contributed by atoms with Gasteiger partial charge in [0.05, 0.1) is 17.4 Å². The molecule has 1 atom stereocenters. The molecule has 0 radical (unpaired) electrons. The minimum atomic E-state index is 0.260. The molecule has 0 amide bonds. The lowest BCUT2D eigenvalue weighted by Crippen LogP contribution is -2.25. The Balaban J connectivity index is 2.21. The van der Waals surface area contributed by atoms with Crippen LogP contribution in [-0.2, 0) is 13.5 Å². The van der Waals surface area contributed by atoms with E-state index >= 15 is 0 Å². The third-order valence-electron chi connectivity index (χ3n) is 2.99. The Morgan fingerprint density at radius 3 is 2.78 bits per heavy atom. The Morgan fingerprint density at radius 2 is 2.22 bits per heavy atom. The number of aromatic nitrogens is 3. The molecular formula is C14H20N4. The maximum absolute atomic E-state index is 4.41. The van der Waals surface area contributed by atoms with Crippen LogP contribution in [0, 0.1) is 6.92 Å². The molecule has 96 valence electrons. The number of hydrogen-bond acceptors (Lipinski definition) is 3. The molecule has 0 aromatic carbocycles. The molecule has 0 saturated carbocycles. The lowest BCUT2D eigenvalue weighted by molar-refractivity contribution is 0.503. The van der Waals surface area contributed by atoms with Crippen LogP contribution < -0.4 is 5.32 Å². The largest absolute Gasteiger partial charge is 0.309 e. The third kappa shape index (κ3) is 2.96. The summed E-state index contributed by atoms with van der Waals surface area (Å²) in [4.78, 5) is 4.39. The van der Waals surface area contributed by atoms with Gasteiger partial charge in [0.25, 0.3) is 0 Å². The van der Waals surface area contributed by atoms with Crippen LogP contribution in [0.5, 0.6) is 0 Å². The van der Waals surface area contributed by atoms with Gasteiger partial charge in [-0.25, -0.2) is 0 Å². The van der Waals surface area contributed by atoms with Crippen molar-refractivity contribution in [1.82, 2.24) is 20.1 Å². The second-order valence-corrected chi connectivity index (χ2v) is 4.47. The molecule has 18 heavy (non-hydrogen) atoms. The van der Waals surface area contributed by atoms with Gasteiger partial charge in [0, 0.05) is 25.4 Å². The zero-order chi connectivity index (χ0) is 13.0. The molecule has 2 aromatic heterocycles. The topological polar surface area (TPSA) is 42.7 Å². The summed E-state index contributed by atoms with van der Waals surface area (Å²) in [6, 6.07) is 8.43. The van der Waals surface area contributed by atoms with Crippen LogP contribution in [0.4, 0.5) is 0 Å². The van der Waals surface area contributed by atoms with Crippen LogP contribution in [0.25, 0.3) is 0 Å². The first-order chi connectivity index (χ1) is 8.70. The summed E-state index contributed by atoms with van der Waals surface area (Å²) in [5.41, 5.74) is 3.36. The lowest BCUT2D eigenvalue weighted by atomic mass is 10.1. The van der Waals surface area contributed by atoms with Crippen molar-refractivity contribution in [3.05, 3.63) is 47.5 Å². The summed E-state index contributed by atoms with van der Waals surface area (Å²) in [5, 5.41) is 7.91. The lowest BCUT2D eigenvalue weighted by Gasteiger charge is -2.17. The average molecular weight is 244 g/mol. The van der Waals surface area contributed by atoms with E-state index in [0.29, 0.717) is 0 Å². The number of rotatable bonds is 5. The van der Waals surface area contributed by atoms with Crippen molar-refractivity contribution in [2.45, 2.75) is 26.3 Å². The van der Waals surface area contributed by atoms with E-state index in [1.807, 2.05) is 37.0 Å². The van der Waals surface area contributed by atoms with Gasteiger partial charge in [-0.3, -0.25) is 9.67 Å². The van der Waals surface area contributed by atoms with Crippen LogP contribution in [0.3, 0.4) is 0 Å². The predicted octanol–water partition coefficient (Wildman–Crippen LogP) is 2.02. The Kier molecular flexibility index (Phi) is 4.10. The molecule has 4 heteroatoms. The number of likely N-dealkylation sites (N-methyl/N-ethyl adjacent to an activating group) is 1. The fourth-order valence-corrected chi connectivity index (χ4v) is 2.21. The smallest absolute Gasteiger partial charge is 0.0597 e. The van der Waals surface area contributed by atoms with Gasteiger partial charge in [-0.1, -0.05) is 13.0 Å². The molecule has 1 N–H and O–H groups in total. The van der Waals surface area contributed by atoms with Crippen LogP contribution in [0.2, 0.25) is 0 Å². The van der Waals surface area contributed by atoms with E-state index in [1.54, 1.807) is 0 Å². The number of aryl methyl sites for hydroxylation is 2. The second kappa shape index (κ2) is 5.78. The minimum absolute atomic E-state index is 0.260. The van der Waals surface area contributed by atoms with Crippen molar-refractivity contribution in [3.63, 3.8) is 0 Å². The first-order valence-electron chi connectivity index (χ1n) is 6.34. The van der Waals surface area contributed by atoms with E-state index in [9.17, 15) is 0 Å². The predicted molar refractivity (Wildman–Crippen MR) is 72.3 cm³/mol. The molecular weight excluding hydrogens is 224 g/mol. The first kappa shape index (κ1) is 12.8. The zero-order valence-electron chi connectivity index (χ0n) is 11.2. The Bertz CT molecular complexity index is 490. The van der Waals surface area contributed by atoms with Crippen LogP contribution in [-0.4, -0.2) is 21.3 Å². The Labute approximate surface area is 108 Å². The Morgan fingerprint density at radius 1 is 1.39 bits per heavy atom. The fourth-order valence-electron chi connectivity index (χ4n) is 2.21. The molecule has 2 rings (SSSR count). The maximum atomic E-state index is 4.41. The van der Waals surface area contributed by atoms with Crippen LogP contribution in [0.1, 0.15) is 30.0 Å². The van der Waals surface area contributed by atoms with Gasteiger partial charge in [-0.2, -0.15) is 5.10 Å². The van der Waals surface area contributed by atoms with E-state index in [-0.39, 0.29) is 6.04 Å². The van der Waals surface area contributed by atoms with E-state index in [4.69, 9.17) is 0 Å². The third-order valence-corrected chi connectivity index (χ3v) is 2.99. The zero-order valence-corrected chi connectivity index (χ0v) is 11.2. The number of nitrogens with one attached hydrogen (secondary N) is 1. The van der Waals surface area contributed by atoms with Gasteiger partial charge >= 0.3 is 0 Å². The highest BCUT2D eigenvalue weighted by molar-refractivity contribution is 5.16. The highest BCUT2D eigenvalue weighted by atomic mass is 15.3. The van der Waals surface area contributed by atoms with Crippen LogP contribution in [0.15, 0.2) is 30.5 Å². The molecule has 0 fully saturated rings. The molecule has 0 aliphatic carbocycles. The molecule has 0 saturated heterocycles. The van der Waals surface area contributed by atoms with Gasteiger partial charge in [0.2, 0.25) is 0 Å². The Hall–Kier alpha value is -1.68. The second-order valence-electron chi connectivity index (χ2n) is 4.47. The van der Waals surface area contributed by atoms with E-state index in [0.717, 1.165) is 24.4 Å². The molecule has 0 spiro atoms. The van der Waals surface area contributed by atoms with Crippen molar-refractivity contribution >= 4 is 0 Å². The van der Waals surface area contributed by atoms with Crippen molar-refractivity contribution < 1.29 is 0 Å². The minimum Gasteiger partial charge on any atom is -0.309 e. The molecule has 1 unspecified atom stereocenters. The quantitative estimate of drug-likeness (QED) is 0.875. The summed E-state index contributed by atoms with van der Waals surface area (Å²) >= 11 is 0. The molecule has 2 aromatic rings. The average Bonchev–Trinajstić information content (AvgIpc) is 2.69. The van der Waals surface area contributed by atoms with Crippen molar-refractivity contribution in [3.8, 4) is 0 Å². The SMILES string of the molecule is CCNC(Cc1ccccn1)c1cc(C)nn1C. The summed E-state index contributed by atoms with van der Waals surface area (Å²) in [5.74, 6) is 0. The molecule has 0 bridgehead atoms. The summed E-state index contributed by atoms with van der Waals surface area (Å²) in [7, 11) is 1.99. The summed E-state index contributed by atoms with van der Waals surface area (Å²) in [6.07, 6.45) is 2.72. The fraction of sp³-hybridized carbons (Fsp3) is 0.429. The summed E-state index contributed by atoms with van der Waals surface area (Å²) in [6.45, 7) is 5.07.